The maximum atomic E-state index is 13.1. The Morgan fingerprint density at radius 1 is 1.55 bits per heavy atom. The Morgan fingerprint density at radius 3 is 3.10 bits per heavy atom. The second kappa shape index (κ2) is 7.39. The van der Waals surface area contributed by atoms with Crippen molar-refractivity contribution in [3.63, 3.8) is 0 Å². The summed E-state index contributed by atoms with van der Waals surface area (Å²) in [4.78, 5) is 12.0. The Labute approximate surface area is 120 Å². The van der Waals surface area contributed by atoms with Gasteiger partial charge in [0, 0.05) is 12.5 Å². The third-order valence-corrected chi connectivity index (χ3v) is 3.89. The van der Waals surface area contributed by atoms with E-state index in [4.69, 9.17) is 0 Å². The van der Waals surface area contributed by atoms with Crippen LogP contribution in [0.15, 0.2) is 24.3 Å². The highest BCUT2D eigenvalue weighted by atomic mass is 19.1. The van der Waals surface area contributed by atoms with E-state index in [0.29, 0.717) is 12.3 Å². The third-order valence-electron chi connectivity index (χ3n) is 3.89. The van der Waals surface area contributed by atoms with Crippen molar-refractivity contribution in [3.05, 3.63) is 35.6 Å². The first-order valence-corrected chi connectivity index (χ1v) is 7.38. The number of carbonyl (C=O) groups is 1. The van der Waals surface area contributed by atoms with Gasteiger partial charge in [0.1, 0.15) is 5.82 Å². The van der Waals surface area contributed by atoms with Gasteiger partial charge < -0.3 is 10.6 Å². The molecule has 2 N–H and O–H groups in total. The molecule has 110 valence electrons. The van der Waals surface area contributed by atoms with Crippen LogP contribution in [0.2, 0.25) is 0 Å². The highest BCUT2D eigenvalue weighted by Gasteiger charge is 2.16. The van der Waals surface area contributed by atoms with Crippen LogP contribution < -0.4 is 10.6 Å². The van der Waals surface area contributed by atoms with Crippen molar-refractivity contribution >= 4 is 5.91 Å². The van der Waals surface area contributed by atoms with E-state index in [0.717, 1.165) is 31.6 Å². The van der Waals surface area contributed by atoms with Crippen molar-refractivity contribution in [2.45, 2.75) is 26.2 Å². The lowest BCUT2D eigenvalue weighted by atomic mass is 10.00. The maximum Gasteiger partial charge on any atom is 0.223 e. The van der Waals surface area contributed by atoms with Crippen LogP contribution in [0.5, 0.6) is 0 Å². The summed E-state index contributed by atoms with van der Waals surface area (Å²) in [6.45, 7) is 4.78. The van der Waals surface area contributed by atoms with Crippen LogP contribution in [0.3, 0.4) is 0 Å². The third kappa shape index (κ3) is 4.60. The van der Waals surface area contributed by atoms with Crippen LogP contribution in [0.25, 0.3) is 0 Å². The number of amides is 1. The van der Waals surface area contributed by atoms with Crippen LogP contribution in [-0.4, -0.2) is 25.5 Å². The molecule has 2 rings (SSSR count). The monoisotopic (exact) mass is 278 g/mol. The Bertz CT molecular complexity index is 444. The van der Waals surface area contributed by atoms with Crippen LogP contribution in [0, 0.1) is 17.7 Å². The molecule has 0 radical (unpaired) electrons. The summed E-state index contributed by atoms with van der Waals surface area (Å²) in [5, 5.41) is 6.31. The summed E-state index contributed by atoms with van der Waals surface area (Å²) < 4.78 is 13.1. The largest absolute Gasteiger partial charge is 0.356 e. The van der Waals surface area contributed by atoms with E-state index in [2.05, 4.69) is 10.6 Å². The Morgan fingerprint density at radius 2 is 2.40 bits per heavy atom. The van der Waals surface area contributed by atoms with E-state index in [1.54, 1.807) is 6.07 Å². The van der Waals surface area contributed by atoms with Gasteiger partial charge in [-0.05, 0) is 56.0 Å². The van der Waals surface area contributed by atoms with Crippen LogP contribution in [0.1, 0.15) is 25.3 Å². The van der Waals surface area contributed by atoms with E-state index in [1.165, 1.54) is 18.6 Å². The fourth-order valence-corrected chi connectivity index (χ4v) is 2.64. The molecule has 0 aromatic heterocycles. The number of hydrogen-bond acceptors (Lipinski definition) is 2. The molecule has 1 fully saturated rings. The fourth-order valence-electron chi connectivity index (χ4n) is 2.64. The topological polar surface area (TPSA) is 41.1 Å². The quantitative estimate of drug-likeness (QED) is 0.837. The van der Waals surface area contributed by atoms with Crippen molar-refractivity contribution in [2.75, 3.05) is 19.6 Å². The molecule has 20 heavy (non-hydrogen) atoms. The Hall–Kier alpha value is -1.42. The molecule has 1 aliphatic rings. The average Bonchev–Trinajstić information content (AvgIpc) is 2.91. The van der Waals surface area contributed by atoms with Gasteiger partial charge in [0.25, 0.3) is 0 Å². The number of benzene rings is 1. The van der Waals surface area contributed by atoms with E-state index in [-0.39, 0.29) is 17.6 Å². The molecule has 1 aromatic rings. The summed E-state index contributed by atoms with van der Waals surface area (Å²) in [7, 11) is 0. The molecule has 2 atom stereocenters. The smallest absolute Gasteiger partial charge is 0.223 e. The lowest BCUT2D eigenvalue weighted by molar-refractivity contribution is -0.124. The van der Waals surface area contributed by atoms with Crippen molar-refractivity contribution in [1.29, 1.82) is 0 Å². The molecule has 0 aliphatic carbocycles. The highest BCUT2D eigenvalue weighted by molar-refractivity contribution is 5.78. The normalized spacial score (nSPS) is 19.8. The molecule has 0 saturated carbocycles. The zero-order valence-electron chi connectivity index (χ0n) is 12.0. The molecular weight excluding hydrogens is 255 g/mol. The van der Waals surface area contributed by atoms with Gasteiger partial charge in [-0.2, -0.15) is 0 Å². The number of hydrogen-bond donors (Lipinski definition) is 2. The van der Waals surface area contributed by atoms with Gasteiger partial charge in [-0.3, -0.25) is 4.79 Å². The minimum absolute atomic E-state index is 0.0558. The number of carbonyl (C=O) groups excluding carboxylic acids is 1. The molecule has 1 heterocycles. The van der Waals surface area contributed by atoms with Gasteiger partial charge in [0.15, 0.2) is 0 Å². The summed E-state index contributed by atoms with van der Waals surface area (Å²) in [5.74, 6) is 0.372. The first kappa shape index (κ1) is 15.0. The molecule has 3 nitrogen and oxygen atoms in total. The second-order valence-corrected chi connectivity index (χ2v) is 5.67. The molecule has 1 aliphatic heterocycles. The molecule has 1 aromatic carbocycles. The lowest BCUT2D eigenvalue weighted by Crippen LogP contribution is -2.32. The number of halogens is 1. The van der Waals surface area contributed by atoms with Gasteiger partial charge >= 0.3 is 0 Å². The van der Waals surface area contributed by atoms with Crippen molar-refractivity contribution in [3.8, 4) is 0 Å². The summed E-state index contributed by atoms with van der Waals surface area (Å²) in [6.07, 6.45) is 2.81. The Kier molecular flexibility index (Phi) is 5.53. The van der Waals surface area contributed by atoms with Gasteiger partial charge in [0.2, 0.25) is 5.91 Å². The summed E-state index contributed by atoms with van der Waals surface area (Å²) in [5.41, 5.74) is 0.868. The highest BCUT2D eigenvalue weighted by Crippen LogP contribution is 2.12. The van der Waals surface area contributed by atoms with Crippen molar-refractivity contribution in [1.82, 2.24) is 10.6 Å². The van der Waals surface area contributed by atoms with Gasteiger partial charge in [0.05, 0.1) is 0 Å². The van der Waals surface area contributed by atoms with Crippen molar-refractivity contribution in [2.24, 2.45) is 11.8 Å². The maximum absolute atomic E-state index is 13.1. The molecule has 2 unspecified atom stereocenters. The molecule has 0 spiro atoms. The first-order chi connectivity index (χ1) is 9.65. The van der Waals surface area contributed by atoms with Crippen LogP contribution in [0.4, 0.5) is 4.39 Å². The van der Waals surface area contributed by atoms with Crippen LogP contribution in [-0.2, 0) is 11.2 Å². The predicted molar refractivity (Wildman–Crippen MR) is 77.9 cm³/mol. The van der Waals surface area contributed by atoms with Crippen molar-refractivity contribution < 1.29 is 9.18 Å². The summed E-state index contributed by atoms with van der Waals surface area (Å²) in [6, 6.07) is 6.46. The van der Waals surface area contributed by atoms with Crippen LogP contribution >= 0.6 is 0 Å². The zero-order chi connectivity index (χ0) is 14.4. The zero-order valence-corrected chi connectivity index (χ0v) is 12.0. The number of rotatable bonds is 6. The van der Waals surface area contributed by atoms with E-state index in [1.807, 2.05) is 13.0 Å². The second-order valence-electron chi connectivity index (χ2n) is 5.67. The lowest BCUT2D eigenvalue weighted by Gasteiger charge is -2.14. The van der Waals surface area contributed by atoms with Gasteiger partial charge in [-0.25, -0.2) is 4.39 Å². The van der Waals surface area contributed by atoms with Gasteiger partial charge in [-0.15, -0.1) is 0 Å². The minimum atomic E-state index is -0.246. The molecule has 0 bridgehead atoms. The minimum Gasteiger partial charge on any atom is -0.356 e. The van der Waals surface area contributed by atoms with Gasteiger partial charge in [-0.1, -0.05) is 19.1 Å². The standard InChI is InChI=1S/C16H23FN2O/c1-12(9-14-3-2-4-15(17)10-14)16(20)19-8-6-13-5-7-18-11-13/h2-4,10,12-13,18H,5-9,11H2,1H3,(H,19,20). The summed E-state index contributed by atoms with van der Waals surface area (Å²) >= 11 is 0. The predicted octanol–water partition coefficient (Wildman–Crippen LogP) is 2.12. The van der Waals surface area contributed by atoms with E-state index >= 15 is 0 Å². The van der Waals surface area contributed by atoms with E-state index < -0.39 is 0 Å². The average molecular weight is 278 g/mol. The molecular formula is C16H23FN2O. The molecule has 1 saturated heterocycles. The Balaban J connectivity index is 1.71. The number of nitrogens with one attached hydrogen (secondary N) is 2. The fraction of sp³-hybridized carbons (Fsp3) is 0.562. The van der Waals surface area contributed by atoms with E-state index in [9.17, 15) is 9.18 Å². The molecule has 4 heteroatoms. The SMILES string of the molecule is CC(Cc1cccc(F)c1)C(=O)NCCC1CCNC1. The molecule has 1 amide bonds. The first-order valence-electron chi connectivity index (χ1n) is 7.38.